The number of hydrogen-bond donors (Lipinski definition) is 2. The van der Waals surface area contributed by atoms with Crippen LogP contribution in [0.3, 0.4) is 0 Å². The van der Waals surface area contributed by atoms with E-state index in [-0.39, 0.29) is 6.54 Å². The Morgan fingerprint density at radius 1 is 1.22 bits per heavy atom. The molecule has 0 atom stereocenters. The monoisotopic (exact) mass is 328 g/mol. The average molecular weight is 328 g/mol. The van der Waals surface area contributed by atoms with Crippen LogP contribution in [-0.4, -0.2) is 29.3 Å². The van der Waals surface area contributed by atoms with E-state index in [0.717, 1.165) is 16.0 Å². The Hall–Kier alpha value is -2.67. The van der Waals surface area contributed by atoms with E-state index < -0.39 is 11.8 Å². The first kappa shape index (κ1) is 16.7. The van der Waals surface area contributed by atoms with E-state index in [9.17, 15) is 9.59 Å². The summed E-state index contributed by atoms with van der Waals surface area (Å²) in [6.45, 7) is 0.236. The molecule has 1 aromatic heterocycles. The highest BCUT2D eigenvalue weighted by molar-refractivity contribution is 7.98. The third-order valence-corrected chi connectivity index (χ3v) is 3.62. The summed E-state index contributed by atoms with van der Waals surface area (Å²) in [5.41, 5.74) is 3.84. The predicted molar refractivity (Wildman–Crippen MR) is 90.0 cm³/mol. The molecule has 0 aliphatic heterocycles. The fourth-order valence-corrected chi connectivity index (χ4v) is 2.08. The van der Waals surface area contributed by atoms with Crippen molar-refractivity contribution < 1.29 is 9.59 Å². The maximum absolute atomic E-state index is 11.6. The van der Waals surface area contributed by atoms with E-state index in [1.165, 1.54) is 6.21 Å². The van der Waals surface area contributed by atoms with Gasteiger partial charge in [-0.3, -0.25) is 14.6 Å². The van der Waals surface area contributed by atoms with Crippen LogP contribution in [0.2, 0.25) is 0 Å². The summed E-state index contributed by atoms with van der Waals surface area (Å²) in [4.78, 5) is 28.3. The van der Waals surface area contributed by atoms with Gasteiger partial charge < -0.3 is 5.32 Å². The molecule has 0 aliphatic rings. The molecule has 118 valence electrons. The van der Waals surface area contributed by atoms with Gasteiger partial charge in [-0.2, -0.15) is 5.10 Å². The van der Waals surface area contributed by atoms with Crippen LogP contribution in [0.4, 0.5) is 0 Å². The van der Waals surface area contributed by atoms with Crippen LogP contribution in [0.1, 0.15) is 11.1 Å². The molecule has 7 heteroatoms. The standard InChI is InChI=1S/C16H16N4O2S/c1-23-14-6-4-12(5-7-14)11-19-20-16(22)15(21)18-10-13-3-2-8-17-9-13/h2-9,11H,10H2,1H3,(H,18,21)(H,20,22)/b19-11-. The Kier molecular flexibility index (Phi) is 6.31. The summed E-state index contributed by atoms with van der Waals surface area (Å²) in [5, 5.41) is 6.26. The fraction of sp³-hybridized carbons (Fsp3) is 0.125. The molecular formula is C16H16N4O2S. The largest absolute Gasteiger partial charge is 0.344 e. The molecule has 0 radical (unpaired) electrons. The summed E-state index contributed by atoms with van der Waals surface area (Å²) >= 11 is 1.64. The molecule has 2 aromatic rings. The van der Waals surface area contributed by atoms with E-state index in [0.29, 0.717) is 0 Å². The topological polar surface area (TPSA) is 83.5 Å². The van der Waals surface area contributed by atoms with Crippen LogP contribution in [0.25, 0.3) is 0 Å². The number of carbonyl (C=O) groups excluding carboxylic acids is 2. The second-order valence-corrected chi connectivity index (χ2v) is 5.40. The number of nitrogens with one attached hydrogen (secondary N) is 2. The Balaban J connectivity index is 1.79. The highest BCUT2D eigenvalue weighted by Gasteiger charge is 2.11. The van der Waals surface area contributed by atoms with Gasteiger partial charge in [0.15, 0.2) is 0 Å². The smallest absolute Gasteiger partial charge is 0.329 e. The van der Waals surface area contributed by atoms with Crippen molar-refractivity contribution in [2.75, 3.05) is 6.26 Å². The van der Waals surface area contributed by atoms with Crippen LogP contribution < -0.4 is 10.7 Å². The van der Waals surface area contributed by atoms with E-state index in [2.05, 4.69) is 20.8 Å². The highest BCUT2D eigenvalue weighted by atomic mass is 32.2. The Morgan fingerprint density at radius 2 is 2.00 bits per heavy atom. The average Bonchev–Trinajstić information content (AvgIpc) is 2.61. The van der Waals surface area contributed by atoms with Crippen LogP contribution in [0, 0.1) is 0 Å². The number of carbonyl (C=O) groups is 2. The van der Waals surface area contributed by atoms with Crippen molar-refractivity contribution >= 4 is 29.8 Å². The molecule has 0 unspecified atom stereocenters. The zero-order valence-corrected chi connectivity index (χ0v) is 13.3. The number of nitrogens with zero attached hydrogens (tertiary/aromatic N) is 2. The van der Waals surface area contributed by atoms with Crippen molar-refractivity contribution in [3.05, 3.63) is 59.9 Å². The van der Waals surface area contributed by atoms with Gasteiger partial charge in [-0.25, -0.2) is 5.43 Å². The lowest BCUT2D eigenvalue weighted by Gasteiger charge is -2.03. The molecule has 0 spiro atoms. The molecule has 6 nitrogen and oxygen atoms in total. The van der Waals surface area contributed by atoms with Crippen LogP contribution in [-0.2, 0) is 16.1 Å². The minimum atomic E-state index is -0.814. The van der Waals surface area contributed by atoms with Gasteiger partial charge >= 0.3 is 11.8 Å². The summed E-state index contributed by atoms with van der Waals surface area (Å²) < 4.78 is 0. The van der Waals surface area contributed by atoms with Gasteiger partial charge in [-0.05, 0) is 35.6 Å². The molecule has 2 N–H and O–H groups in total. The van der Waals surface area contributed by atoms with Gasteiger partial charge in [-0.1, -0.05) is 18.2 Å². The van der Waals surface area contributed by atoms with Crippen molar-refractivity contribution in [2.24, 2.45) is 5.10 Å². The van der Waals surface area contributed by atoms with Crippen LogP contribution >= 0.6 is 11.8 Å². The third-order valence-electron chi connectivity index (χ3n) is 2.88. The normalized spacial score (nSPS) is 10.5. The summed E-state index contributed by atoms with van der Waals surface area (Å²) in [5.74, 6) is -1.56. The SMILES string of the molecule is CSc1ccc(/C=N\NC(=O)C(=O)NCc2cccnc2)cc1. The number of aromatic nitrogens is 1. The zero-order valence-electron chi connectivity index (χ0n) is 12.5. The third kappa shape index (κ3) is 5.55. The maximum atomic E-state index is 11.6. The molecule has 0 fully saturated rings. The molecule has 23 heavy (non-hydrogen) atoms. The number of thioether (sulfide) groups is 1. The number of amides is 2. The first-order valence-corrected chi connectivity index (χ1v) is 8.05. The van der Waals surface area contributed by atoms with Gasteiger partial charge in [-0.15, -0.1) is 11.8 Å². The van der Waals surface area contributed by atoms with Crippen molar-refractivity contribution in [2.45, 2.75) is 11.4 Å². The zero-order chi connectivity index (χ0) is 16.5. The minimum Gasteiger partial charge on any atom is -0.344 e. The van der Waals surface area contributed by atoms with Crippen molar-refractivity contribution in [1.82, 2.24) is 15.7 Å². The molecule has 0 aliphatic carbocycles. The van der Waals surface area contributed by atoms with E-state index in [1.807, 2.05) is 36.6 Å². The number of benzene rings is 1. The Bertz CT molecular complexity index is 687. The van der Waals surface area contributed by atoms with Gasteiger partial charge in [0.05, 0.1) is 6.21 Å². The second-order valence-electron chi connectivity index (χ2n) is 4.52. The molecule has 1 heterocycles. The summed E-state index contributed by atoms with van der Waals surface area (Å²) in [6.07, 6.45) is 6.73. The van der Waals surface area contributed by atoms with Gasteiger partial charge in [0.2, 0.25) is 0 Å². The van der Waals surface area contributed by atoms with E-state index in [1.54, 1.807) is 30.2 Å². The predicted octanol–water partition coefficient (Wildman–Crippen LogP) is 1.57. The molecule has 2 amide bonds. The van der Waals surface area contributed by atoms with Crippen molar-refractivity contribution in [3.8, 4) is 0 Å². The lowest BCUT2D eigenvalue weighted by Crippen LogP contribution is -2.37. The van der Waals surface area contributed by atoms with E-state index >= 15 is 0 Å². The Labute approximate surface area is 138 Å². The fourth-order valence-electron chi connectivity index (χ4n) is 1.67. The van der Waals surface area contributed by atoms with Gasteiger partial charge in [0.1, 0.15) is 0 Å². The number of hydrazone groups is 1. The van der Waals surface area contributed by atoms with Gasteiger partial charge in [0.25, 0.3) is 0 Å². The quantitative estimate of drug-likeness (QED) is 0.378. The number of hydrogen-bond acceptors (Lipinski definition) is 5. The van der Waals surface area contributed by atoms with Crippen molar-refractivity contribution in [1.29, 1.82) is 0 Å². The first-order chi connectivity index (χ1) is 11.2. The van der Waals surface area contributed by atoms with Crippen molar-refractivity contribution in [3.63, 3.8) is 0 Å². The molecular weight excluding hydrogens is 312 g/mol. The second kappa shape index (κ2) is 8.70. The maximum Gasteiger partial charge on any atom is 0.329 e. The lowest BCUT2D eigenvalue weighted by atomic mass is 10.2. The molecule has 0 saturated heterocycles. The highest BCUT2D eigenvalue weighted by Crippen LogP contribution is 2.13. The van der Waals surface area contributed by atoms with Gasteiger partial charge in [0, 0.05) is 23.8 Å². The molecule has 2 rings (SSSR count). The molecule has 1 aromatic carbocycles. The minimum absolute atomic E-state index is 0.236. The first-order valence-electron chi connectivity index (χ1n) is 6.83. The molecule has 0 saturated carbocycles. The molecule has 0 bridgehead atoms. The number of pyridine rings is 1. The number of rotatable bonds is 5. The van der Waals surface area contributed by atoms with Crippen LogP contribution in [0.5, 0.6) is 0 Å². The Morgan fingerprint density at radius 3 is 2.65 bits per heavy atom. The summed E-state index contributed by atoms with van der Waals surface area (Å²) in [7, 11) is 0. The lowest BCUT2D eigenvalue weighted by molar-refractivity contribution is -0.139. The van der Waals surface area contributed by atoms with Crippen LogP contribution in [0.15, 0.2) is 58.8 Å². The van der Waals surface area contributed by atoms with E-state index in [4.69, 9.17) is 0 Å². The summed E-state index contributed by atoms with van der Waals surface area (Å²) in [6, 6.07) is 11.2.